The zero-order valence-electron chi connectivity index (χ0n) is 13.4. The summed E-state index contributed by atoms with van der Waals surface area (Å²) in [5.41, 5.74) is 6.32. The summed E-state index contributed by atoms with van der Waals surface area (Å²) < 4.78 is 0. The molecule has 0 radical (unpaired) electrons. The van der Waals surface area contributed by atoms with Gasteiger partial charge in [0.25, 0.3) is 0 Å². The number of nitrogens with two attached hydrogens (primary N) is 1. The van der Waals surface area contributed by atoms with Crippen molar-refractivity contribution in [2.45, 2.75) is 19.4 Å². The first kappa shape index (κ1) is 16.2. The lowest BCUT2D eigenvalue weighted by Crippen LogP contribution is -2.48. The van der Waals surface area contributed by atoms with Gasteiger partial charge in [0.2, 0.25) is 11.8 Å². The number of likely N-dealkylation sites (tertiary alicyclic amines) is 1. The Balaban J connectivity index is 1.68. The predicted molar refractivity (Wildman–Crippen MR) is 88.7 cm³/mol. The summed E-state index contributed by atoms with van der Waals surface area (Å²) in [5, 5.41) is 10.8. The number of piperidine rings is 1. The van der Waals surface area contributed by atoms with Crippen LogP contribution in [-0.4, -0.2) is 47.3 Å². The Morgan fingerprint density at radius 1 is 1.33 bits per heavy atom. The van der Waals surface area contributed by atoms with Crippen molar-refractivity contribution in [3.63, 3.8) is 0 Å². The number of amides is 2. The zero-order valence-corrected chi connectivity index (χ0v) is 13.4. The second-order valence-corrected chi connectivity index (χ2v) is 6.38. The monoisotopic (exact) mass is 328 g/mol. The first-order chi connectivity index (χ1) is 11.4. The van der Waals surface area contributed by atoms with Gasteiger partial charge in [0.1, 0.15) is 11.8 Å². The van der Waals surface area contributed by atoms with Gasteiger partial charge in [-0.3, -0.25) is 19.8 Å². The standard InChI is InChI=1S/C17H20N4O3/c1-9(22)15(18)11-4-2-3-5-13(11)20-7-14(23)21-8-10-6-12(10)16(21)17(19)24/h2-5,10,12,16,18,20H,6-8H2,1H3,(H2,19,24)/t10-,12-,16+/m1/s1. The highest BCUT2D eigenvalue weighted by molar-refractivity contribution is 6.45. The summed E-state index contributed by atoms with van der Waals surface area (Å²) in [6.07, 6.45) is 0.962. The number of para-hydroxylation sites is 1. The van der Waals surface area contributed by atoms with E-state index in [0.717, 1.165) is 6.42 Å². The van der Waals surface area contributed by atoms with Crippen LogP contribution in [0.15, 0.2) is 24.3 Å². The van der Waals surface area contributed by atoms with Gasteiger partial charge in [-0.25, -0.2) is 0 Å². The van der Waals surface area contributed by atoms with Gasteiger partial charge in [0.05, 0.1) is 6.54 Å². The molecule has 24 heavy (non-hydrogen) atoms. The van der Waals surface area contributed by atoms with Crippen molar-refractivity contribution >= 4 is 29.0 Å². The minimum Gasteiger partial charge on any atom is -0.376 e. The molecule has 4 N–H and O–H groups in total. The average Bonchev–Trinajstić information content (AvgIpc) is 3.21. The largest absolute Gasteiger partial charge is 0.376 e. The maximum absolute atomic E-state index is 12.4. The Bertz CT molecular complexity index is 730. The van der Waals surface area contributed by atoms with E-state index < -0.39 is 11.9 Å². The van der Waals surface area contributed by atoms with Gasteiger partial charge in [-0.2, -0.15) is 0 Å². The lowest BCUT2D eigenvalue weighted by molar-refractivity contribution is -0.137. The van der Waals surface area contributed by atoms with Crippen LogP contribution < -0.4 is 11.1 Å². The van der Waals surface area contributed by atoms with Crippen LogP contribution in [0.5, 0.6) is 0 Å². The summed E-state index contributed by atoms with van der Waals surface area (Å²) in [5.74, 6) is -0.388. The van der Waals surface area contributed by atoms with Crippen molar-refractivity contribution in [2.75, 3.05) is 18.4 Å². The summed E-state index contributed by atoms with van der Waals surface area (Å²) in [6, 6.07) is 6.37. The van der Waals surface area contributed by atoms with Crippen LogP contribution in [0, 0.1) is 17.2 Å². The molecule has 2 fully saturated rings. The number of nitrogens with one attached hydrogen (secondary N) is 2. The van der Waals surface area contributed by atoms with Crippen LogP contribution >= 0.6 is 0 Å². The highest BCUT2D eigenvalue weighted by atomic mass is 16.2. The molecule has 1 saturated carbocycles. The third-order valence-corrected chi connectivity index (χ3v) is 4.74. The number of fused-ring (bicyclic) bond motifs is 1. The molecule has 1 aromatic carbocycles. The van der Waals surface area contributed by atoms with E-state index in [1.807, 2.05) is 0 Å². The van der Waals surface area contributed by atoms with E-state index in [4.69, 9.17) is 11.1 Å². The molecule has 1 aromatic rings. The number of benzene rings is 1. The molecule has 1 heterocycles. The SMILES string of the molecule is CC(=O)C(=N)c1ccccc1NCC(=O)N1C[C@H]2C[C@H]2[C@H]1C(N)=O. The van der Waals surface area contributed by atoms with Crippen molar-refractivity contribution in [2.24, 2.45) is 17.6 Å². The number of carbonyl (C=O) groups excluding carboxylic acids is 3. The molecule has 3 atom stereocenters. The fraction of sp³-hybridized carbons (Fsp3) is 0.412. The van der Waals surface area contributed by atoms with Gasteiger partial charge in [-0.15, -0.1) is 0 Å². The highest BCUT2D eigenvalue weighted by Crippen LogP contribution is 2.49. The van der Waals surface area contributed by atoms with E-state index in [1.165, 1.54) is 6.92 Å². The molecule has 2 amide bonds. The number of ketones is 1. The minimum absolute atomic E-state index is 0.00851. The topological polar surface area (TPSA) is 116 Å². The van der Waals surface area contributed by atoms with E-state index in [0.29, 0.717) is 23.7 Å². The molecule has 0 unspecified atom stereocenters. The second-order valence-electron chi connectivity index (χ2n) is 6.38. The van der Waals surface area contributed by atoms with E-state index in [-0.39, 0.29) is 29.9 Å². The van der Waals surface area contributed by atoms with Crippen molar-refractivity contribution in [3.05, 3.63) is 29.8 Å². The number of anilines is 1. The Hall–Kier alpha value is -2.70. The lowest BCUT2D eigenvalue weighted by atomic mass is 10.1. The van der Waals surface area contributed by atoms with E-state index >= 15 is 0 Å². The summed E-state index contributed by atoms with van der Waals surface area (Å²) in [4.78, 5) is 37.0. The lowest BCUT2D eigenvalue weighted by Gasteiger charge is -2.25. The number of rotatable bonds is 6. The quantitative estimate of drug-likeness (QED) is 0.655. The van der Waals surface area contributed by atoms with Gasteiger partial charge >= 0.3 is 0 Å². The molecule has 3 rings (SSSR count). The number of carbonyl (C=O) groups is 3. The van der Waals surface area contributed by atoms with Gasteiger partial charge in [-0.1, -0.05) is 18.2 Å². The summed E-state index contributed by atoms with van der Waals surface area (Å²) in [7, 11) is 0. The molecule has 7 heteroatoms. The summed E-state index contributed by atoms with van der Waals surface area (Å²) in [6.45, 7) is 1.90. The van der Waals surface area contributed by atoms with Crippen molar-refractivity contribution in [3.8, 4) is 0 Å². The maximum Gasteiger partial charge on any atom is 0.242 e. The number of nitrogens with zero attached hydrogens (tertiary/aromatic N) is 1. The van der Waals surface area contributed by atoms with Crippen molar-refractivity contribution < 1.29 is 14.4 Å². The van der Waals surface area contributed by atoms with Crippen LogP contribution in [0.4, 0.5) is 5.69 Å². The number of hydrogen-bond donors (Lipinski definition) is 3. The van der Waals surface area contributed by atoms with Crippen LogP contribution in [0.25, 0.3) is 0 Å². The molecule has 0 spiro atoms. The van der Waals surface area contributed by atoms with Crippen LogP contribution in [0.3, 0.4) is 0 Å². The molecule has 0 bridgehead atoms. The molecule has 7 nitrogen and oxygen atoms in total. The zero-order chi connectivity index (χ0) is 17.4. The number of primary amides is 1. The summed E-state index contributed by atoms with van der Waals surface area (Å²) >= 11 is 0. The van der Waals surface area contributed by atoms with Crippen molar-refractivity contribution in [1.29, 1.82) is 5.41 Å². The normalized spacial score (nSPS) is 24.2. The highest BCUT2D eigenvalue weighted by Gasteiger charge is 2.56. The predicted octanol–water partition coefficient (Wildman–Crippen LogP) is 0.388. The average molecular weight is 328 g/mol. The Labute approximate surface area is 139 Å². The number of Topliss-reactive ketones (excluding diaryl/α,β-unsaturated/α-hetero) is 1. The molecular weight excluding hydrogens is 308 g/mol. The maximum atomic E-state index is 12.4. The molecule has 2 aliphatic rings. The number of hydrogen-bond acceptors (Lipinski definition) is 5. The minimum atomic E-state index is -0.505. The molecule has 1 aliphatic carbocycles. The smallest absolute Gasteiger partial charge is 0.242 e. The second kappa shape index (κ2) is 6.07. The third-order valence-electron chi connectivity index (χ3n) is 4.74. The van der Waals surface area contributed by atoms with Crippen LogP contribution in [0.2, 0.25) is 0 Å². The van der Waals surface area contributed by atoms with Crippen molar-refractivity contribution in [1.82, 2.24) is 4.90 Å². The fourth-order valence-electron chi connectivity index (χ4n) is 3.40. The Morgan fingerprint density at radius 3 is 2.71 bits per heavy atom. The van der Waals surface area contributed by atoms with Gasteiger partial charge in [0.15, 0.2) is 5.78 Å². The van der Waals surface area contributed by atoms with Gasteiger partial charge in [0, 0.05) is 24.7 Å². The molecular formula is C17H20N4O3. The Morgan fingerprint density at radius 2 is 2.04 bits per heavy atom. The molecule has 1 aliphatic heterocycles. The molecule has 1 saturated heterocycles. The first-order valence-electron chi connectivity index (χ1n) is 7.91. The van der Waals surface area contributed by atoms with Gasteiger partial charge in [-0.05, 0) is 24.3 Å². The fourth-order valence-corrected chi connectivity index (χ4v) is 3.40. The Kier molecular flexibility index (Phi) is 4.09. The van der Waals surface area contributed by atoms with Crippen LogP contribution in [0.1, 0.15) is 18.9 Å². The molecule has 126 valence electrons. The van der Waals surface area contributed by atoms with E-state index in [9.17, 15) is 14.4 Å². The van der Waals surface area contributed by atoms with E-state index in [2.05, 4.69) is 5.32 Å². The van der Waals surface area contributed by atoms with Gasteiger partial charge < -0.3 is 16.0 Å². The van der Waals surface area contributed by atoms with Crippen LogP contribution in [-0.2, 0) is 14.4 Å². The third kappa shape index (κ3) is 2.89. The first-order valence-corrected chi connectivity index (χ1v) is 7.91. The van der Waals surface area contributed by atoms with E-state index in [1.54, 1.807) is 29.2 Å². The molecule has 0 aromatic heterocycles.